The molecule has 0 aliphatic rings. The van der Waals surface area contributed by atoms with Gasteiger partial charge >= 0.3 is 0 Å². The van der Waals surface area contributed by atoms with Gasteiger partial charge in [0.1, 0.15) is 23.7 Å². The highest BCUT2D eigenvalue weighted by molar-refractivity contribution is 5.63. The lowest BCUT2D eigenvalue weighted by molar-refractivity contribution is 0.414. The maximum atomic E-state index is 5.19. The van der Waals surface area contributed by atoms with Gasteiger partial charge in [0, 0.05) is 25.8 Å². The second-order valence-corrected chi connectivity index (χ2v) is 4.46. The van der Waals surface area contributed by atoms with Crippen molar-refractivity contribution in [2.75, 3.05) is 31.4 Å². The van der Waals surface area contributed by atoms with E-state index in [0.717, 1.165) is 28.6 Å². The molecule has 0 saturated heterocycles. The van der Waals surface area contributed by atoms with E-state index >= 15 is 0 Å². The standard InChI is InChI=1S/C14H18N4O/c1-10-7-11(19-4)5-6-12(10)17-13-8-14(18(2)3)16-9-15-13/h5-9H,1-4H3,(H,15,16,17). The van der Waals surface area contributed by atoms with Crippen LogP contribution in [0.1, 0.15) is 5.56 Å². The van der Waals surface area contributed by atoms with Gasteiger partial charge in [-0.2, -0.15) is 0 Å². The maximum Gasteiger partial charge on any atom is 0.135 e. The third kappa shape index (κ3) is 3.13. The summed E-state index contributed by atoms with van der Waals surface area (Å²) in [5.74, 6) is 2.48. The summed E-state index contributed by atoms with van der Waals surface area (Å²) in [7, 11) is 5.56. The molecule has 0 saturated carbocycles. The highest BCUT2D eigenvalue weighted by Crippen LogP contribution is 2.24. The largest absolute Gasteiger partial charge is 0.497 e. The number of aryl methyl sites for hydroxylation is 1. The Kier molecular flexibility index (Phi) is 3.85. The van der Waals surface area contributed by atoms with Crippen LogP contribution in [0.15, 0.2) is 30.6 Å². The Morgan fingerprint density at radius 2 is 1.95 bits per heavy atom. The van der Waals surface area contributed by atoms with Crippen molar-refractivity contribution in [3.63, 3.8) is 0 Å². The highest BCUT2D eigenvalue weighted by Gasteiger charge is 2.04. The van der Waals surface area contributed by atoms with Gasteiger partial charge in [-0.05, 0) is 30.7 Å². The number of rotatable bonds is 4. The Hall–Kier alpha value is -2.30. The first-order valence-electron chi connectivity index (χ1n) is 6.01. The first-order valence-corrected chi connectivity index (χ1v) is 6.01. The molecule has 2 rings (SSSR count). The van der Waals surface area contributed by atoms with Crippen molar-refractivity contribution < 1.29 is 4.74 Å². The summed E-state index contributed by atoms with van der Waals surface area (Å²) in [4.78, 5) is 10.3. The van der Waals surface area contributed by atoms with Crippen LogP contribution >= 0.6 is 0 Å². The van der Waals surface area contributed by atoms with Crippen molar-refractivity contribution in [2.45, 2.75) is 6.92 Å². The maximum absolute atomic E-state index is 5.19. The third-order valence-corrected chi connectivity index (χ3v) is 2.81. The predicted molar refractivity (Wildman–Crippen MR) is 77.4 cm³/mol. The molecule has 0 aliphatic carbocycles. The molecule has 0 amide bonds. The molecule has 2 aromatic rings. The van der Waals surface area contributed by atoms with E-state index in [0.29, 0.717) is 0 Å². The lowest BCUT2D eigenvalue weighted by Gasteiger charge is -2.13. The third-order valence-electron chi connectivity index (χ3n) is 2.81. The molecule has 1 N–H and O–H groups in total. The fourth-order valence-electron chi connectivity index (χ4n) is 1.70. The molecular formula is C14H18N4O. The SMILES string of the molecule is COc1ccc(Nc2cc(N(C)C)ncn2)c(C)c1. The minimum Gasteiger partial charge on any atom is -0.497 e. The van der Waals surface area contributed by atoms with E-state index in [4.69, 9.17) is 4.74 Å². The van der Waals surface area contributed by atoms with Gasteiger partial charge in [-0.25, -0.2) is 9.97 Å². The minimum atomic E-state index is 0.770. The van der Waals surface area contributed by atoms with Crippen LogP contribution in [0, 0.1) is 6.92 Å². The smallest absolute Gasteiger partial charge is 0.135 e. The van der Waals surface area contributed by atoms with E-state index in [2.05, 4.69) is 15.3 Å². The zero-order valence-electron chi connectivity index (χ0n) is 11.6. The number of nitrogens with one attached hydrogen (secondary N) is 1. The van der Waals surface area contributed by atoms with Gasteiger partial charge in [-0.3, -0.25) is 0 Å². The average Bonchev–Trinajstić information content (AvgIpc) is 2.41. The Labute approximate surface area is 113 Å². The van der Waals surface area contributed by atoms with Crippen LogP contribution in [0.25, 0.3) is 0 Å². The van der Waals surface area contributed by atoms with Gasteiger partial charge in [-0.15, -0.1) is 0 Å². The topological polar surface area (TPSA) is 50.3 Å². The van der Waals surface area contributed by atoms with E-state index in [1.165, 1.54) is 0 Å². The summed E-state index contributed by atoms with van der Waals surface area (Å²) in [6.45, 7) is 2.03. The second-order valence-electron chi connectivity index (χ2n) is 4.46. The summed E-state index contributed by atoms with van der Waals surface area (Å²) in [6, 6.07) is 7.79. The molecule has 5 heteroatoms. The molecule has 100 valence electrons. The molecule has 0 bridgehead atoms. The fourth-order valence-corrected chi connectivity index (χ4v) is 1.70. The average molecular weight is 258 g/mol. The lowest BCUT2D eigenvalue weighted by atomic mass is 10.2. The summed E-state index contributed by atoms with van der Waals surface area (Å²) >= 11 is 0. The zero-order chi connectivity index (χ0) is 13.8. The summed E-state index contributed by atoms with van der Waals surface area (Å²) in [5.41, 5.74) is 2.11. The first-order chi connectivity index (χ1) is 9.10. The zero-order valence-corrected chi connectivity index (χ0v) is 11.6. The van der Waals surface area contributed by atoms with Gasteiger partial charge in [0.2, 0.25) is 0 Å². The number of hydrogen-bond donors (Lipinski definition) is 1. The van der Waals surface area contributed by atoms with Crippen LogP contribution in [0.2, 0.25) is 0 Å². The van der Waals surface area contributed by atoms with Crippen LogP contribution < -0.4 is 15.0 Å². The van der Waals surface area contributed by atoms with E-state index in [1.807, 2.05) is 50.2 Å². The van der Waals surface area contributed by atoms with Crippen molar-refractivity contribution in [3.8, 4) is 5.75 Å². The normalized spacial score (nSPS) is 10.1. The van der Waals surface area contributed by atoms with E-state index in [-0.39, 0.29) is 0 Å². The fraction of sp³-hybridized carbons (Fsp3) is 0.286. The Balaban J connectivity index is 2.23. The first kappa shape index (κ1) is 13.1. The van der Waals surface area contributed by atoms with Crippen LogP contribution in [0.4, 0.5) is 17.3 Å². The van der Waals surface area contributed by atoms with Gasteiger partial charge in [0.05, 0.1) is 7.11 Å². The molecule has 0 spiro atoms. The van der Waals surface area contributed by atoms with Gasteiger partial charge in [0.15, 0.2) is 0 Å². The van der Waals surface area contributed by atoms with Crippen molar-refractivity contribution in [1.82, 2.24) is 9.97 Å². The molecule has 5 nitrogen and oxygen atoms in total. The Bertz CT molecular complexity index is 569. The van der Waals surface area contributed by atoms with Crippen molar-refractivity contribution >= 4 is 17.3 Å². The molecule has 19 heavy (non-hydrogen) atoms. The van der Waals surface area contributed by atoms with Crippen LogP contribution in [0.5, 0.6) is 5.75 Å². The van der Waals surface area contributed by atoms with Crippen LogP contribution in [-0.2, 0) is 0 Å². The number of nitrogens with zero attached hydrogens (tertiary/aromatic N) is 3. The molecule has 1 aromatic heterocycles. The molecule has 1 heterocycles. The van der Waals surface area contributed by atoms with Crippen molar-refractivity contribution in [2.24, 2.45) is 0 Å². The molecule has 0 unspecified atom stereocenters. The van der Waals surface area contributed by atoms with Crippen molar-refractivity contribution in [1.29, 1.82) is 0 Å². The number of aromatic nitrogens is 2. The second kappa shape index (κ2) is 5.56. The predicted octanol–water partition coefficient (Wildman–Crippen LogP) is 2.60. The molecular weight excluding hydrogens is 240 g/mol. The van der Waals surface area contributed by atoms with E-state index in [1.54, 1.807) is 13.4 Å². The minimum absolute atomic E-state index is 0.770. The Morgan fingerprint density at radius 1 is 1.16 bits per heavy atom. The van der Waals surface area contributed by atoms with Gasteiger partial charge in [0.25, 0.3) is 0 Å². The molecule has 1 aromatic carbocycles. The van der Waals surface area contributed by atoms with Crippen LogP contribution in [0.3, 0.4) is 0 Å². The van der Waals surface area contributed by atoms with Crippen LogP contribution in [-0.4, -0.2) is 31.2 Å². The Morgan fingerprint density at radius 3 is 2.58 bits per heavy atom. The number of ether oxygens (including phenoxy) is 1. The molecule has 0 atom stereocenters. The summed E-state index contributed by atoms with van der Waals surface area (Å²) < 4.78 is 5.19. The monoisotopic (exact) mass is 258 g/mol. The number of anilines is 3. The van der Waals surface area contributed by atoms with E-state index in [9.17, 15) is 0 Å². The summed E-state index contributed by atoms with van der Waals surface area (Å²) in [6.07, 6.45) is 1.55. The molecule has 0 aliphatic heterocycles. The number of benzene rings is 1. The van der Waals surface area contributed by atoms with Gasteiger partial charge in [-0.1, -0.05) is 0 Å². The summed E-state index contributed by atoms with van der Waals surface area (Å²) in [5, 5.41) is 3.29. The molecule has 0 fully saturated rings. The number of methoxy groups -OCH3 is 1. The lowest BCUT2D eigenvalue weighted by Crippen LogP contribution is -2.11. The number of hydrogen-bond acceptors (Lipinski definition) is 5. The molecule has 0 radical (unpaired) electrons. The van der Waals surface area contributed by atoms with Gasteiger partial charge < -0.3 is 15.0 Å². The quantitative estimate of drug-likeness (QED) is 0.913. The van der Waals surface area contributed by atoms with Crippen molar-refractivity contribution in [3.05, 3.63) is 36.2 Å². The highest BCUT2D eigenvalue weighted by atomic mass is 16.5. The van der Waals surface area contributed by atoms with E-state index < -0.39 is 0 Å².